The van der Waals surface area contributed by atoms with Gasteiger partial charge in [0.05, 0.1) is 11.9 Å². The summed E-state index contributed by atoms with van der Waals surface area (Å²) in [5, 5.41) is 10.2. The number of aromatic nitrogens is 1. The second kappa shape index (κ2) is 3.58. The van der Waals surface area contributed by atoms with Crippen LogP contribution in [-0.2, 0) is 10.0 Å². The van der Waals surface area contributed by atoms with Crippen molar-refractivity contribution < 1.29 is 13.3 Å². The fourth-order valence-electron chi connectivity index (χ4n) is 0.769. The van der Waals surface area contributed by atoms with Gasteiger partial charge in [-0.15, -0.1) is 0 Å². The molecule has 1 heterocycles. The molecule has 0 spiro atoms. The third-order valence-electron chi connectivity index (χ3n) is 1.24. The quantitative estimate of drug-likeness (QED) is 0.581. The van der Waals surface area contributed by atoms with Crippen LogP contribution >= 0.6 is 0 Å². The molecule has 0 atom stereocenters. The van der Waals surface area contributed by atoms with Gasteiger partial charge in [0, 0.05) is 6.07 Å². The lowest BCUT2D eigenvalue weighted by atomic mass is 10.4. The van der Waals surface area contributed by atoms with Gasteiger partial charge in [-0.05, 0) is 16.0 Å². The largest absolute Gasteiger partial charge is 0.363 e. The van der Waals surface area contributed by atoms with E-state index in [0.29, 0.717) is 0 Å². The van der Waals surface area contributed by atoms with Crippen LogP contribution in [0.4, 0.5) is 11.5 Å². The molecule has 0 aliphatic heterocycles. The van der Waals surface area contributed by atoms with E-state index in [1.165, 1.54) is 6.07 Å². The molecule has 1 aromatic heterocycles. The molecule has 0 saturated carbocycles. The van der Waals surface area contributed by atoms with Crippen molar-refractivity contribution in [1.29, 1.82) is 0 Å². The number of sulfonamides is 1. The first-order chi connectivity index (χ1) is 6.38. The smallest absolute Gasteiger partial charge is 0.358 e. The van der Waals surface area contributed by atoms with E-state index in [4.69, 9.17) is 0 Å². The van der Waals surface area contributed by atoms with Gasteiger partial charge in [0.1, 0.15) is 0 Å². The van der Waals surface area contributed by atoms with Crippen molar-refractivity contribution in [3.05, 3.63) is 28.4 Å². The minimum Gasteiger partial charge on any atom is -0.358 e. The third-order valence-corrected chi connectivity index (χ3v) is 1.84. The SMILES string of the molecule is CS(=O)(=O)Nc1ccc([N+](=O)[O-])nc1. The summed E-state index contributed by atoms with van der Waals surface area (Å²) >= 11 is 0. The van der Waals surface area contributed by atoms with Crippen LogP contribution in [-0.4, -0.2) is 24.6 Å². The summed E-state index contributed by atoms with van der Waals surface area (Å²) in [4.78, 5) is 13.0. The molecule has 0 bridgehead atoms. The molecule has 0 aliphatic rings. The Kier molecular flexibility index (Phi) is 2.65. The minimum atomic E-state index is -3.37. The summed E-state index contributed by atoms with van der Waals surface area (Å²) < 4.78 is 23.6. The molecule has 7 nitrogen and oxygen atoms in total. The van der Waals surface area contributed by atoms with Crippen molar-refractivity contribution in [1.82, 2.24) is 4.98 Å². The van der Waals surface area contributed by atoms with Crippen molar-refractivity contribution in [2.45, 2.75) is 0 Å². The van der Waals surface area contributed by atoms with Gasteiger partial charge in [-0.3, -0.25) is 4.72 Å². The van der Waals surface area contributed by atoms with E-state index in [1.807, 2.05) is 0 Å². The normalized spacial score (nSPS) is 10.9. The van der Waals surface area contributed by atoms with Gasteiger partial charge in [-0.2, -0.15) is 0 Å². The van der Waals surface area contributed by atoms with Crippen LogP contribution in [0.3, 0.4) is 0 Å². The predicted octanol–water partition coefficient (Wildman–Crippen LogP) is 0.361. The van der Waals surface area contributed by atoms with Crippen LogP contribution in [0.5, 0.6) is 0 Å². The molecule has 76 valence electrons. The average molecular weight is 217 g/mol. The number of hydrogen-bond donors (Lipinski definition) is 1. The fourth-order valence-corrected chi connectivity index (χ4v) is 1.32. The Morgan fingerprint density at radius 3 is 2.50 bits per heavy atom. The van der Waals surface area contributed by atoms with E-state index in [1.54, 1.807) is 0 Å². The number of pyridine rings is 1. The zero-order valence-corrected chi connectivity index (χ0v) is 7.98. The van der Waals surface area contributed by atoms with E-state index in [2.05, 4.69) is 9.71 Å². The summed E-state index contributed by atoms with van der Waals surface area (Å²) in [6.07, 6.45) is 2.06. The Hall–Kier alpha value is -1.70. The molecule has 0 unspecified atom stereocenters. The second-order valence-electron chi connectivity index (χ2n) is 2.54. The van der Waals surface area contributed by atoms with Gasteiger partial charge >= 0.3 is 5.82 Å². The number of anilines is 1. The van der Waals surface area contributed by atoms with Crippen molar-refractivity contribution in [2.24, 2.45) is 0 Å². The topological polar surface area (TPSA) is 102 Å². The van der Waals surface area contributed by atoms with Crippen LogP contribution in [0, 0.1) is 10.1 Å². The molecule has 0 radical (unpaired) electrons. The molecule has 1 aromatic rings. The second-order valence-corrected chi connectivity index (χ2v) is 4.28. The summed E-state index contributed by atoms with van der Waals surface area (Å²) in [7, 11) is -3.37. The standard InChI is InChI=1S/C6H7N3O4S/c1-14(12,13)8-5-2-3-6(7-4-5)9(10)11/h2-4,8H,1H3. The number of nitrogens with zero attached hydrogens (tertiary/aromatic N) is 2. The summed E-state index contributed by atoms with van der Waals surface area (Å²) in [5.74, 6) is -0.330. The Bertz CT molecular complexity index is 439. The molecular formula is C6H7N3O4S. The Labute approximate surface area is 80.0 Å². The summed E-state index contributed by atoms with van der Waals surface area (Å²) in [5.41, 5.74) is 0.193. The van der Waals surface area contributed by atoms with Crippen LogP contribution in [0.25, 0.3) is 0 Å². The number of nitrogens with one attached hydrogen (secondary N) is 1. The summed E-state index contributed by atoms with van der Waals surface area (Å²) in [6.45, 7) is 0. The van der Waals surface area contributed by atoms with E-state index in [0.717, 1.165) is 18.5 Å². The maximum atomic E-state index is 10.7. The molecule has 0 amide bonds. The van der Waals surface area contributed by atoms with Gasteiger partial charge in [0.15, 0.2) is 6.20 Å². The van der Waals surface area contributed by atoms with Gasteiger partial charge in [0.25, 0.3) is 0 Å². The fraction of sp³-hybridized carbons (Fsp3) is 0.167. The minimum absolute atomic E-state index is 0.193. The molecule has 14 heavy (non-hydrogen) atoms. The number of nitro groups is 1. The maximum Gasteiger partial charge on any atom is 0.363 e. The average Bonchev–Trinajstić information content (AvgIpc) is 2.02. The molecule has 8 heteroatoms. The van der Waals surface area contributed by atoms with Crippen LogP contribution in [0.15, 0.2) is 18.3 Å². The molecule has 0 fully saturated rings. The maximum absolute atomic E-state index is 10.7. The molecule has 0 saturated heterocycles. The first-order valence-electron chi connectivity index (χ1n) is 3.47. The predicted molar refractivity (Wildman–Crippen MR) is 49.4 cm³/mol. The van der Waals surface area contributed by atoms with Crippen molar-refractivity contribution in [2.75, 3.05) is 11.0 Å². The monoisotopic (exact) mass is 217 g/mol. The van der Waals surface area contributed by atoms with Gasteiger partial charge in [-0.25, -0.2) is 8.42 Å². The first kappa shape index (κ1) is 10.4. The Balaban J connectivity index is 2.90. The molecule has 0 aliphatic carbocycles. The molecule has 0 aromatic carbocycles. The Morgan fingerprint density at radius 2 is 2.14 bits per heavy atom. The molecule has 1 rings (SSSR count). The van der Waals surface area contributed by atoms with Gasteiger partial charge in [0.2, 0.25) is 10.0 Å². The zero-order chi connectivity index (χ0) is 10.8. The molecule has 1 N–H and O–H groups in total. The van der Waals surface area contributed by atoms with Gasteiger partial charge in [-0.1, -0.05) is 0 Å². The van der Waals surface area contributed by atoms with Crippen molar-refractivity contribution in [3.63, 3.8) is 0 Å². The van der Waals surface area contributed by atoms with Crippen molar-refractivity contribution >= 4 is 21.5 Å². The Morgan fingerprint density at radius 1 is 1.50 bits per heavy atom. The molecular weight excluding hydrogens is 210 g/mol. The lowest BCUT2D eigenvalue weighted by Crippen LogP contribution is -2.09. The highest BCUT2D eigenvalue weighted by atomic mass is 32.2. The van der Waals surface area contributed by atoms with E-state index < -0.39 is 14.9 Å². The zero-order valence-electron chi connectivity index (χ0n) is 7.17. The first-order valence-corrected chi connectivity index (χ1v) is 5.36. The van der Waals surface area contributed by atoms with E-state index in [-0.39, 0.29) is 11.5 Å². The highest BCUT2D eigenvalue weighted by Gasteiger charge is 2.08. The highest BCUT2D eigenvalue weighted by Crippen LogP contribution is 2.11. The third kappa shape index (κ3) is 2.98. The van der Waals surface area contributed by atoms with E-state index >= 15 is 0 Å². The van der Waals surface area contributed by atoms with Crippen LogP contribution in [0.1, 0.15) is 0 Å². The van der Waals surface area contributed by atoms with Crippen LogP contribution < -0.4 is 4.72 Å². The number of rotatable bonds is 3. The highest BCUT2D eigenvalue weighted by molar-refractivity contribution is 7.92. The lowest BCUT2D eigenvalue weighted by molar-refractivity contribution is -0.389. The van der Waals surface area contributed by atoms with E-state index in [9.17, 15) is 18.5 Å². The number of hydrogen-bond acceptors (Lipinski definition) is 5. The summed E-state index contributed by atoms with van der Waals surface area (Å²) in [6, 6.07) is 2.39. The van der Waals surface area contributed by atoms with Gasteiger partial charge < -0.3 is 10.1 Å². The van der Waals surface area contributed by atoms with Crippen molar-refractivity contribution in [3.8, 4) is 0 Å². The lowest BCUT2D eigenvalue weighted by Gasteiger charge is -1.99. The van der Waals surface area contributed by atoms with Crippen LogP contribution in [0.2, 0.25) is 0 Å².